The van der Waals surface area contributed by atoms with Gasteiger partial charge in [0, 0.05) is 26.9 Å². The van der Waals surface area contributed by atoms with E-state index in [1.54, 1.807) is 30.3 Å². The van der Waals surface area contributed by atoms with Crippen molar-refractivity contribution in [1.29, 1.82) is 0 Å². The smallest absolute Gasteiger partial charge is 0.237 e. The van der Waals surface area contributed by atoms with Gasteiger partial charge in [-0.3, -0.25) is 18.8 Å². The minimum Gasteiger partial charge on any atom is -0.325 e. The van der Waals surface area contributed by atoms with Crippen molar-refractivity contribution in [3.8, 4) is 0 Å². The summed E-state index contributed by atoms with van der Waals surface area (Å²) in [4.78, 5) is 28.2. The highest BCUT2D eigenvalue weighted by Crippen LogP contribution is 2.16. The maximum absolute atomic E-state index is 12.1. The zero-order valence-electron chi connectivity index (χ0n) is 14.1. The van der Waals surface area contributed by atoms with Crippen LogP contribution >= 0.6 is 11.6 Å². The van der Waals surface area contributed by atoms with Crippen LogP contribution in [0.1, 0.15) is 0 Å². The van der Waals surface area contributed by atoms with Crippen LogP contribution in [0.15, 0.2) is 60.8 Å². The van der Waals surface area contributed by atoms with Gasteiger partial charge in [-0.25, -0.2) is 0 Å². The summed E-state index contributed by atoms with van der Waals surface area (Å²) in [6, 6.07) is 15.9. The molecule has 138 valence electrons. The van der Waals surface area contributed by atoms with Gasteiger partial charge in [0.25, 0.3) is 0 Å². The third-order valence-electron chi connectivity index (χ3n) is 3.59. The number of carbonyl (C=O) groups is 2. The molecule has 0 spiro atoms. The highest BCUT2D eigenvalue weighted by Gasteiger charge is 2.13. The summed E-state index contributed by atoms with van der Waals surface area (Å²) in [7, 11) is -1.63. The molecule has 3 rings (SSSR count). The van der Waals surface area contributed by atoms with Gasteiger partial charge >= 0.3 is 0 Å². The number of nitrogens with zero attached hydrogens (tertiary/aromatic N) is 1. The molecule has 0 fully saturated rings. The molecule has 0 saturated carbocycles. The number of hydrogen-bond donors (Lipinski definition) is 2. The molecule has 0 aliphatic heterocycles. The van der Waals surface area contributed by atoms with E-state index in [0.717, 1.165) is 10.9 Å². The molecule has 27 heavy (non-hydrogen) atoms. The van der Waals surface area contributed by atoms with E-state index in [2.05, 4.69) is 15.6 Å². The van der Waals surface area contributed by atoms with Crippen molar-refractivity contribution in [2.24, 2.45) is 0 Å². The highest BCUT2D eigenvalue weighted by atomic mass is 35.5. The van der Waals surface area contributed by atoms with E-state index < -0.39 is 22.6 Å². The monoisotopic (exact) mass is 401 g/mol. The molecular formula is C19H16ClN3O3S. The fraction of sp³-hybridized carbons (Fsp3) is 0.105. The number of halogens is 1. The van der Waals surface area contributed by atoms with E-state index in [9.17, 15) is 13.8 Å². The Morgan fingerprint density at radius 2 is 1.56 bits per heavy atom. The van der Waals surface area contributed by atoms with E-state index in [1.807, 2.05) is 24.3 Å². The van der Waals surface area contributed by atoms with Gasteiger partial charge in [0.15, 0.2) is 0 Å². The number of pyridine rings is 1. The van der Waals surface area contributed by atoms with E-state index in [0.29, 0.717) is 16.4 Å². The zero-order valence-corrected chi connectivity index (χ0v) is 15.7. The average Bonchev–Trinajstić information content (AvgIpc) is 2.63. The Hall–Kier alpha value is -2.77. The topological polar surface area (TPSA) is 88.2 Å². The number of amides is 2. The van der Waals surface area contributed by atoms with Crippen molar-refractivity contribution in [1.82, 2.24) is 4.98 Å². The second-order valence-corrected chi connectivity index (χ2v) is 7.64. The first-order valence-electron chi connectivity index (χ1n) is 8.04. The lowest BCUT2D eigenvalue weighted by molar-refractivity contribution is -0.114. The maximum Gasteiger partial charge on any atom is 0.237 e. The molecule has 2 amide bonds. The van der Waals surface area contributed by atoms with Crippen molar-refractivity contribution in [2.75, 3.05) is 22.1 Å². The molecule has 3 aromatic rings. The van der Waals surface area contributed by atoms with Gasteiger partial charge < -0.3 is 10.6 Å². The van der Waals surface area contributed by atoms with Crippen molar-refractivity contribution in [2.45, 2.75) is 0 Å². The first-order chi connectivity index (χ1) is 13.0. The Morgan fingerprint density at radius 3 is 2.26 bits per heavy atom. The fourth-order valence-corrected chi connectivity index (χ4v) is 3.37. The van der Waals surface area contributed by atoms with Crippen molar-refractivity contribution >= 4 is 56.5 Å². The number of hydrogen-bond acceptors (Lipinski definition) is 4. The van der Waals surface area contributed by atoms with E-state index in [-0.39, 0.29) is 11.5 Å². The number of rotatable bonds is 6. The summed E-state index contributed by atoms with van der Waals surface area (Å²) >= 11 is 5.78. The van der Waals surface area contributed by atoms with Crippen molar-refractivity contribution < 1.29 is 13.8 Å². The maximum atomic E-state index is 12.1. The van der Waals surface area contributed by atoms with E-state index in [1.165, 1.54) is 6.20 Å². The Balaban J connectivity index is 1.51. The van der Waals surface area contributed by atoms with Gasteiger partial charge in [-0.05, 0) is 36.4 Å². The lowest BCUT2D eigenvalue weighted by atomic mass is 10.2. The standard InChI is InChI=1S/C19H16ClN3O3S/c20-14-5-7-15(8-6-14)22-18(24)11-27(26)12-19(25)23-16-9-13-3-1-2-4-17(13)21-10-16/h1-10H,11-12H2,(H,22,24)(H,23,25)/t27-/m0/s1. The van der Waals surface area contributed by atoms with Crippen molar-refractivity contribution in [3.05, 3.63) is 65.8 Å². The van der Waals surface area contributed by atoms with E-state index in [4.69, 9.17) is 11.6 Å². The summed E-state index contributed by atoms with van der Waals surface area (Å²) in [5.74, 6) is -1.42. The molecule has 6 nitrogen and oxygen atoms in total. The summed E-state index contributed by atoms with van der Waals surface area (Å²) in [6.45, 7) is 0. The number of benzene rings is 2. The Bertz CT molecular complexity index is 1010. The Kier molecular flexibility index (Phi) is 6.16. The summed E-state index contributed by atoms with van der Waals surface area (Å²) < 4.78 is 12.1. The SMILES string of the molecule is O=C(C[S@](=O)CC(=O)Nc1cnc2ccccc2c1)Nc1ccc(Cl)cc1. The number of aromatic nitrogens is 1. The molecular weight excluding hydrogens is 386 g/mol. The van der Waals surface area contributed by atoms with E-state index >= 15 is 0 Å². The van der Waals surface area contributed by atoms with Gasteiger partial charge in [-0.15, -0.1) is 0 Å². The molecule has 2 aromatic carbocycles. The molecule has 8 heteroatoms. The predicted octanol–water partition coefficient (Wildman–Crippen LogP) is 3.21. The van der Waals surface area contributed by atoms with Gasteiger partial charge in [0.1, 0.15) is 11.5 Å². The molecule has 0 aliphatic rings. The zero-order chi connectivity index (χ0) is 19.2. The summed E-state index contributed by atoms with van der Waals surface area (Å²) in [6.07, 6.45) is 1.54. The molecule has 1 aromatic heterocycles. The first-order valence-corrected chi connectivity index (χ1v) is 9.91. The van der Waals surface area contributed by atoms with Crippen LogP contribution in [0, 0.1) is 0 Å². The summed E-state index contributed by atoms with van der Waals surface area (Å²) in [5, 5.41) is 6.70. The van der Waals surface area contributed by atoms with Crippen LogP contribution in [0.4, 0.5) is 11.4 Å². The Labute approximate surface area is 163 Å². The second kappa shape index (κ2) is 8.75. The van der Waals surface area contributed by atoms with Gasteiger partial charge in [-0.2, -0.15) is 0 Å². The number of fused-ring (bicyclic) bond motifs is 1. The van der Waals surface area contributed by atoms with Crippen LogP contribution in [0.25, 0.3) is 10.9 Å². The van der Waals surface area contributed by atoms with Gasteiger partial charge in [0.2, 0.25) is 11.8 Å². The number of carbonyl (C=O) groups excluding carboxylic acids is 2. The average molecular weight is 402 g/mol. The minimum absolute atomic E-state index is 0.272. The highest BCUT2D eigenvalue weighted by molar-refractivity contribution is 7.86. The lowest BCUT2D eigenvalue weighted by Gasteiger charge is -2.07. The fourth-order valence-electron chi connectivity index (χ4n) is 2.41. The second-order valence-electron chi connectivity index (χ2n) is 5.75. The predicted molar refractivity (Wildman–Crippen MR) is 108 cm³/mol. The molecule has 0 aliphatic carbocycles. The molecule has 0 saturated heterocycles. The number of para-hydroxylation sites is 1. The van der Waals surface area contributed by atoms with Crippen LogP contribution in [0.5, 0.6) is 0 Å². The molecule has 0 bridgehead atoms. The molecule has 0 radical (unpaired) electrons. The quantitative estimate of drug-likeness (QED) is 0.663. The molecule has 0 unspecified atom stereocenters. The normalized spacial score (nSPS) is 11.7. The van der Waals surface area contributed by atoms with Crippen LogP contribution < -0.4 is 10.6 Å². The molecule has 1 atom stereocenters. The lowest BCUT2D eigenvalue weighted by Crippen LogP contribution is -2.26. The van der Waals surface area contributed by atoms with Crippen LogP contribution in [0.3, 0.4) is 0 Å². The number of anilines is 2. The third-order valence-corrected chi connectivity index (χ3v) is 5.01. The van der Waals surface area contributed by atoms with Crippen LogP contribution in [0.2, 0.25) is 5.02 Å². The van der Waals surface area contributed by atoms with Gasteiger partial charge in [0.05, 0.1) is 17.4 Å². The summed E-state index contributed by atoms with van der Waals surface area (Å²) in [5.41, 5.74) is 1.88. The Morgan fingerprint density at radius 1 is 0.926 bits per heavy atom. The van der Waals surface area contributed by atoms with Crippen molar-refractivity contribution in [3.63, 3.8) is 0 Å². The van der Waals surface area contributed by atoms with Crippen LogP contribution in [-0.4, -0.2) is 32.5 Å². The number of nitrogens with one attached hydrogen (secondary N) is 2. The molecule has 2 N–H and O–H groups in total. The van der Waals surface area contributed by atoms with Crippen LogP contribution in [-0.2, 0) is 20.4 Å². The van der Waals surface area contributed by atoms with Gasteiger partial charge in [-0.1, -0.05) is 29.8 Å². The molecule has 1 heterocycles. The minimum atomic E-state index is -1.63. The third kappa shape index (κ3) is 5.60. The largest absolute Gasteiger partial charge is 0.325 e. The first kappa shape index (κ1) is 19.0.